The number of thiophene rings is 1. The van der Waals surface area contributed by atoms with Crippen LogP contribution in [0, 0.1) is 0 Å². The average Bonchev–Trinajstić information content (AvgIpc) is 3.36. The van der Waals surface area contributed by atoms with E-state index in [4.69, 9.17) is 0 Å². The largest absolute Gasteiger partial charge is 0.416 e. The van der Waals surface area contributed by atoms with Crippen molar-refractivity contribution in [3.63, 3.8) is 0 Å². The summed E-state index contributed by atoms with van der Waals surface area (Å²) in [7, 11) is 1.64. The smallest absolute Gasteiger partial charge is 0.336 e. The maximum atomic E-state index is 12.7. The number of halogens is 3. The van der Waals surface area contributed by atoms with Gasteiger partial charge in [0, 0.05) is 25.0 Å². The maximum absolute atomic E-state index is 12.7. The summed E-state index contributed by atoms with van der Waals surface area (Å²) in [5.74, 6) is 0. The first-order chi connectivity index (χ1) is 13.3. The van der Waals surface area contributed by atoms with Crippen molar-refractivity contribution in [1.82, 2.24) is 15.1 Å². The number of rotatable bonds is 6. The van der Waals surface area contributed by atoms with Gasteiger partial charge >= 0.3 is 12.2 Å². The van der Waals surface area contributed by atoms with Crippen LogP contribution in [0.4, 0.5) is 18.0 Å². The van der Waals surface area contributed by atoms with Crippen LogP contribution in [-0.4, -0.2) is 42.5 Å². The molecular weight excluding hydrogens is 387 g/mol. The lowest BCUT2D eigenvalue weighted by Crippen LogP contribution is -2.42. The molecule has 0 spiro atoms. The number of hydrogen-bond acceptors (Lipinski definition) is 3. The number of alkyl halides is 3. The Kier molecular flexibility index (Phi) is 6.61. The first-order valence-electron chi connectivity index (χ1n) is 9.27. The summed E-state index contributed by atoms with van der Waals surface area (Å²) in [6.07, 6.45) is -2.01. The highest BCUT2D eigenvalue weighted by atomic mass is 32.1. The Balaban J connectivity index is 1.55. The van der Waals surface area contributed by atoms with Crippen LogP contribution in [0.3, 0.4) is 0 Å². The summed E-state index contributed by atoms with van der Waals surface area (Å²) in [5.41, 5.74) is -0.0345. The molecule has 2 aromatic rings. The third-order valence-corrected chi connectivity index (χ3v) is 5.92. The van der Waals surface area contributed by atoms with Gasteiger partial charge < -0.3 is 10.2 Å². The predicted octanol–water partition coefficient (Wildman–Crippen LogP) is 4.75. The minimum Gasteiger partial charge on any atom is -0.336 e. The fourth-order valence-corrected chi connectivity index (χ4v) is 4.27. The highest BCUT2D eigenvalue weighted by Crippen LogP contribution is 2.29. The molecule has 2 amide bonds. The molecule has 3 rings (SSSR count). The molecule has 1 aliphatic heterocycles. The molecule has 0 radical (unpaired) electrons. The van der Waals surface area contributed by atoms with Gasteiger partial charge in [-0.3, -0.25) is 4.90 Å². The second-order valence-corrected chi connectivity index (χ2v) is 7.99. The molecule has 1 atom stereocenters. The number of benzene rings is 1. The molecule has 1 aliphatic rings. The Bertz CT molecular complexity index is 756. The fraction of sp³-hybridized carbons (Fsp3) is 0.450. The summed E-state index contributed by atoms with van der Waals surface area (Å²) >= 11 is 1.69. The molecule has 8 heteroatoms. The molecule has 152 valence electrons. The quantitative estimate of drug-likeness (QED) is 0.745. The van der Waals surface area contributed by atoms with Crippen LogP contribution in [-0.2, 0) is 12.7 Å². The number of hydrogen-bond donors (Lipinski definition) is 1. The number of nitrogens with one attached hydrogen (secondary N) is 1. The minimum atomic E-state index is -4.35. The van der Waals surface area contributed by atoms with Gasteiger partial charge in [0.2, 0.25) is 0 Å². The van der Waals surface area contributed by atoms with E-state index in [0.29, 0.717) is 12.1 Å². The molecule has 0 bridgehead atoms. The number of nitrogens with zero attached hydrogens (tertiary/aromatic N) is 2. The van der Waals surface area contributed by atoms with E-state index in [0.717, 1.165) is 25.2 Å². The van der Waals surface area contributed by atoms with Crippen molar-refractivity contribution in [3.05, 3.63) is 57.8 Å². The van der Waals surface area contributed by atoms with Crippen LogP contribution in [0.5, 0.6) is 0 Å². The van der Waals surface area contributed by atoms with E-state index in [1.807, 2.05) is 11.4 Å². The van der Waals surface area contributed by atoms with Crippen LogP contribution in [0.2, 0.25) is 0 Å². The van der Waals surface area contributed by atoms with Crippen LogP contribution in [0.1, 0.15) is 34.9 Å². The third kappa shape index (κ3) is 5.26. The van der Waals surface area contributed by atoms with E-state index in [1.165, 1.54) is 34.8 Å². The molecule has 0 aliphatic carbocycles. The van der Waals surface area contributed by atoms with E-state index in [1.54, 1.807) is 18.4 Å². The molecule has 1 fully saturated rings. The average molecular weight is 411 g/mol. The summed E-state index contributed by atoms with van der Waals surface area (Å²) in [6, 6.07) is 8.93. The van der Waals surface area contributed by atoms with E-state index in [-0.39, 0.29) is 18.6 Å². The van der Waals surface area contributed by atoms with Gasteiger partial charge in [0.15, 0.2) is 0 Å². The maximum Gasteiger partial charge on any atom is 0.416 e. The summed E-state index contributed by atoms with van der Waals surface area (Å²) < 4.78 is 38.0. The van der Waals surface area contributed by atoms with Crippen molar-refractivity contribution in [2.75, 3.05) is 26.7 Å². The fourth-order valence-electron chi connectivity index (χ4n) is 3.41. The van der Waals surface area contributed by atoms with Crippen molar-refractivity contribution in [2.45, 2.75) is 31.6 Å². The molecule has 1 aromatic carbocycles. The van der Waals surface area contributed by atoms with Gasteiger partial charge in [-0.05, 0) is 55.1 Å². The highest BCUT2D eigenvalue weighted by molar-refractivity contribution is 7.10. The molecule has 1 N–H and O–H groups in total. The first kappa shape index (κ1) is 20.7. The third-order valence-electron chi connectivity index (χ3n) is 4.95. The second kappa shape index (κ2) is 8.96. The van der Waals surface area contributed by atoms with Crippen molar-refractivity contribution in [3.8, 4) is 0 Å². The minimum absolute atomic E-state index is 0.158. The van der Waals surface area contributed by atoms with E-state index in [2.05, 4.69) is 16.3 Å². The summed E-state index contributed by atoms with van der Waals surface area (Å²) in [6.45, 7) is 2.81. The lowest BCUT2D eigenvalue weighted by molar-refractivity contribution is -0.137. The second-order valence-electron chi connectivity index (χ2n) is 7.01. The molecule has 28 heavy (non-hydrogen) atoms. The highest BCUT2D eigenvalue weighted by Gasteiger charge is 2.30. The van der Waals surface area contributed by atoms with Crippen LogP contribution in [0.15, 0.2) is 41.8 Å². The molecule has 1 saturated heterocycles. The zero-order valence-corrected chi connectivity index (χ0v) is 16.5. The Hall–Kier alpha value is -2.06. The Morgan fingerprint density at radius 3 is 2.46 bits per heavy atom. The van der Waals surface area contributed by atoms with Crippen molar-refractivity contribution in [1.29, 1.82) is 0 Å². The summed E-state index contributed by atoms with van der Waals surface area (Å²) in [4.78, 5) is 17.6. The number of likely N-dealkylation sites (tertiary alicyclic amines) is 1. The number of carbonyl (C=O) groups is 1. The first-order valence-corrected chi connectivity index (χ1v) is 10.1. The van der Waals surface area contributed by atoms with Crippen LogP contribution >= 0.6 is 11.3 Å². The van der Waals surface area contributed by atoms with Gasteiger partial charge in [0.1, 0.15) is 0 Å². The van der Waals surface area contributed by atoms with Gasteiger partial charge in [-0.1, -0.05) is 18.2 Å². The number of carbonyl (C=O) groups excluding carboxylic acids is 1. The summed E-state index contributed by atoms with van der Waals surface area (Å²) in [5, 5.41) is 5.01. The molecule has 2 heterocycles. The lowest BCUT2D eigenvalue weighted by atomic mass is 10.1. The topological polar surface area (TPSA) is 35.6 Å². The van der Waals surface area contributed by atoms with E-state index in [9.17, 15) is 18.0 Å². The van der Waals surface area contributed by atoms with Crippen molar-refractivity contribution in [2.24, 2.45) is 0 Å². The molecule has 0 saturated carbocycles. The van der Waals surface area contributed by atoms with Gasteiger partial charge in [-0.15, -0.1) is 11.3 Å². The normalized spacial score (nSPS) is 16.1. The zero-order chi connectivity index (χ0) is 20.1. The lowest BCUT2D eigenvalue weighted by Gasteiger charge is -2.28. The van der Waals surface area contributed by atoms with Crippen molar-refractivity contribution < 1.29 is 18.0 Å². The van der Waals surface area contributed by atoms with E-state index < -0.39 is 11.7 Å². The standard InChI is InChI=1S/C20H24F3N3OS/c1-25(14-15-6-8-16(9-7-15)20(21,22)23)19(27)24-13-17(18-5-4-12-28-18)26-10-2-3-11-26/h4-9,12,17H,2-3,10-11,13-14H2,1H3,(H,24,27). The molecule has 1 aromatic heterocycles. The van der Waals surface area contributed by atoms with Crippen molar-refractivity contribution >= 4 is 17.4 Å². The Morgan fingerprint density at radius 1 is 1.21 bits per heavy atom. The van der Waals surface area contributed by atoms with Crippen LogP contribution < -0.4 is 5.32 Å². The van der Waals surface area contributed by atoms with Crippen LogP contribution in [0.25, 0.3) is 0 Å². The Labute approximate surface area is 167 Å². The number of amides is 2. The number of urea groups is 1. The zero-order valence-electron chi connectivity index (χ0n) is 15.7. The van der Waals surface area contributed by atoms with Gasteiger partial charge in [-0.2, -0.15) is 13.2 Å². The monoisotopic (exact) mass is 411 g/mol. The SMILES string of the molecule is CN(Cc1ccc(C(F)(F)F)cc1)C(=O)NCC(c1cccs1)N1CCCC1. The van der Waals surface area contributed by atoms with Gasteiger partial charge in [-0.25, -0.2) is 4.79 Å². The molecular formula is C20H24F3N3OS. The Morgan fingerprint density at radius 2 is 1.89 bits per heavy atom. The predicted molar refractivity (Wildman–Crippen MR) is 104 cm³/mol. The van der Waals surface area contributed by atoms with E-state index >= 15 is 0 Å². The van der Waals surface area contributed by atoms with Gasteiger partial charge in [0.05, 0.1) is 11.6 Å². The molecule has 4 nitrogen and oxygen atoms in total. The van der Waals surface area contributed by atoms with Gasteiger partial charge in [0.25, 0.3) is 0 Å². The molecule has 1 unspecified atom stereocenters.